The number of ether oxygens (including phenoxy) is 1. The summed E-state index contributed by atoms with van der Waals surface area (Å²) in [6, 6.07) is 7.25. The first-order chi connectivity index (χ1) is 8.07. The summed E-state index contributed by atoms with van der Waals surface area (Å²) in [5, 5.41) is 0. The normalized spacial score (nSPS) is 14.1. The van der Waals surface area contributed by atoms with Crippen LogP contribution >= 0.6 is 0 Å². The van der Waals surface area contributed by atoms with E-state index in [2.05, 4.69) is 0 Å². The third-order valence-electron chi connectivity index (χ3n) is 3.21. The lowest BCUT2D eigenvalue weighted by molar-refractivity contribution is 0.0820. The van der Waals surface area contributed by atoms with Crippen LogP contribution in [0.1, 0.15) is 37.6 Å². The van der Waals surface area contributed by atoms with E-state index in [-0.39, 0.29) is 5.78 Å². The van der Waals surface area contributed by atoms with Crippen LogP contribution in [-0.2, 0) is 0 Å². The Labute approximate surface area is 103 Å². The zero-order chi connectivity index (χ0) is 12.9. The van der Waals surface area contributed by atoms with Gasteiger partial charge in [-0.1, -0.05) is 13.8 Å². The summed E-state index contributed by atoms with van der Waals surface area (Å²) < 4.78 is 5.34. The smallest absolute Gasteiger partial charge is 0.169 e. The minimum Gasteiger partial charge on any atom is -0.494 e. The average molecular weight is 235 g/mol. The highest BCUT2D eigenvalue weighted by atomic mass is 16.5. The Morgan fingerprint density at radius 1 is 1.29 bits per heavy atom. The Bertz CT molecular complexity index is 366. The van der Waals surface area contributed by atoms with E-state index in [4.69, 9.17) is 10.5 Å². The fourth-order valence-corrected chi connectivity index (χ4v) is 1.62. The van der Waals surface area contributed by atoms with Crippen LogP contribution in [0.5, 0.6) is 5.75 Å². The van der Waals surface area contributed by atoms with Crippen LogP contribution in [0.25, 0.3) is 0 Å². The molecule has 0 spiro atoms. The first-order valence-electron chi connectivity index (χ1n) is 6.05. The predicted octanol–water partition coefficient (Wildman–Crippen LogP) is 2.64. The first-order valence-corrected chi connectivity index (χ1v) is 6.05. The molecule has 1 atom stereocenters. The summed E-state index contributed by atoms with van der Waals surface area (Å²) in [4.78, 5) is 12.3. The highest BCUT2D eigenvalue weighted by molar-refractivity contribution is 6.00. The van der Waals surface area contributed by atoms with Crippen molar-refractivity contribution in [2.24, 2.45) is 11.1 Å². The average Bonchev–Trinajstić information content (AvgIpc) is 2.38. The Morgan fingerprint density at radius 3 is 2.29 bits per heavy atom. The van der Waals surface area contributed by atoms with E-state index in [1.54, 1.807) is 12.1 Å². The number of ketones is 1. The molecule has 1 aromatic rings. The fraction of sp³-hybridized carbons (Fsp3) is 0.500. The van der Waals surface area contributed by atoms with Crippen molar-refractivity contribution in [1.82, 2.24) is 0 Å². The number of hydrogen-bond donors (Lipinski definition) is 1. The zero-order valence-corrected chi connectivity index (χ0v) is 10.8. The van der Waals surface area contributed by atoms with Crippen LogP contribution in [0.15, 0.2) is 24.3 Å². The van der Waals surface area contributed by atoms with Crippen molar-refractivity contribution in [3.8, 4) is 5.75 Å². The molecule has 0 saturated carbocycles. The van der Waals surface area contributed by atoms with Crippen LogP contribution in [0.2, 0.25) is 0 Å². The van der Waals surface area contributed by atoms with Crippen molar-refractivity contribution in [1.29, 1.82) is 0 Å². The quantitative estimate of drug-likeness (QED) is 0.771. The van der Waals surface area contributed by atoms with Crippen LogP contribution in [0, 0.1) is 5.41 Å². The van der Waals surface area contributed by atoms with Gasteiger partial charge in [-0.05, 0) is 37.6 Å². The van der Waals surface area contributed by atoms with Crippen LogP contribution in [0.4, 0.5) is 0 Å². The second kappa shape index (κ2) is 5.82. The number of carbonyl (C=O) groups is 1. The molecular formula is C14H21NO2. The molecule has 3 heteroatoms. The van der Waals surface area contributed by atoms with E-state index in [0.29, 0.717) is 18.7 Å². The lowest BCUT2D eigenvalue weighted by atomic mass is 9.80. The monoisotopic (exact) mass is 235 g/mol. The second-order valence-electron chi connectivity index (χ2n) is 4.40. The van der Waals surface area contributed by atoms with Crippen molar-refractivity contribution in [3.05, 3.63) is 29.8 Å². The van der Waals surface area contributed by atoms with Crippen molar-refractivity contribution < 1.29 is 9.53 Å². The highest BCUT2D eigenvalue weighted by Gasteiger charge is 2.30. The van der Waals surface area contributed by atoms with Gasteiger partial charge < -0.3 is 10.5 Å². The van der Waals surface area contributed by atoms with Gasteiger partial charge in [-0.15, -0.1) is 0 Å². The van der Waals surface area contributed by atoms with Gasteiger partial charge in [0.25, 0.3) is 0 Å². The van der Waals surface area contributed by atoms with Gasteiger partial charge in [0.05, 0.1) is 6.61 Å². The molecule has 1 rings (SSSR count). The van der Waals surface area contributed by atoms with Gasteiger partial charge in [-0.3, -0.25) is 4.79 Å². The lowest BCUT2D eigenvalue weighted by Crippen LogP contribution is -2.35. The van der Waals surface area contributed by atoms with Gasteiger partial charge in [0.2, 0.25) is 0 Å². The van der Waals surface area contributed by atoms with Crippen molar-refractivity contribution in [2.75, 3.05) is 13.2 Å². The molecule has 0 amide bonds. The van der Waals surface area contributed by atoms with E-state index in [9.17, 15) is 4.79 Å². The number of rotatable bonds is 6. The number of Topliss-reactive ketones (excluding diaryl/α,β-unsaturated/α-hetero) is 1. The van der Waals surface area contributed by atoms with Gasteiger partial charge in [0.15, 0.2) is 5.78 Å². The van der Waals surface area contributed by atoms with Crippen molar-refractivity contribution >= 4 is 5.78 Å². The summed E-state index contributed by atoms with van der Waals surface area (Å²) in [6.45, 7) is 6.82. The second-order valence-corrected chi connectivity index (χ2v) is 4.40. The van der Waals surface area contributed by atoms with Gasteiger partial charge in [0.1, 0.15) is 5.75 Å². The molecule has 0 aromatic heterocycles. The third kappa shape index (κ3) is 3.07. The summed E-state index contributed by atoms with van der Waals surface area (Å²) in [5.41, 5.74) is 5.92. The third-order valence-corrected chi connectivity index (χ3v) is 3.21. The molecule has 1 aromatic carbocycles. The molecule has 3 nitrogen and oxygen atoms in total. The molecule has 0 aliphatic carbocycles. The molecule has 0 fully saturated rings. The minimum absolute atomic E-state index is 0.102. The first kappa shape index (κ1) is 13.7. The van der Waals surface area contributed by atoms with Crippen LogP contribution in [-0.4, -0.2) is 18.9 Å². The maximum absolute atomic E-state index is 12.3. The SMILES string of the molecule is CCOc1ccc(C(=O)C(C)(CC)CN)cc1. The van der Waals surface area contributed by atoms with E-state index < -0.39 is 5.41 Å². The Morgan fingerprint density at radius 2 is 1.88 bits per heavy atom. The summed E-state index contributed by atoms with van der Waals surface area (Å²) in [7, 11) is 0. The summed E-state index contributed by atoms with van der Waals surface area (Å²) in [5.74, 6) is 0.889. The highest BCUT2D eigenvalue weighted by Crippen LogP contribution is 2.26. The van der Waals surface area contributed by atoms with E-state index >= 15 is 0 Å². The molecule has 0 bridgehead atoms. The molecular weight excluding hydrogens is 214 g/mol. The Kier molecular flexibility index (Phi) is 4.70. The molecule has 0 aliphatic heterocycles. The van der Waals surface area contributed by atoms with Gasteiger partial charge in [0, 0.05) is 17.5 Å². The maximum atomic E-state index is 12.3. The van der Waals surface area contributed by atoms with Crippen LogP contribution in [0.3, 0.4) is 0 Å². The van der Waals surface area contributed by atoms with Gasteiger partial charge >= 0.3 is 0 Å². The van der Waals surface area contributed by atoms with E-state index in [1.165, 1.54) is 0 Å². The van der Waals surface area contributed by atoms with Gasteiger partial charge in [-0.25, -0.2) is 0 Å². The largest absolute Gasteiger partial charge is 0.494 e. The van der Waals surface area contributed by atoms with Crippen LogP contribution < -0.4 is 10.5 Å². The molecule has 0 aliphatic rings. The predicted molar refractivity (Wildman–Crippen MR) is 69.4 cm³/mol. The Hall–Kier alpha value is -1.35. The minimum atomic E-state index is -0.465. The molecule has 0 saturated heterocycles. The number of carbonyl (C=O) groups excluding carboxylic acids is 1. The standard InChI is InChI=1S/C14H21NO2/c1-4-14(3,10-15)13(16)11-6-8-12(9-7-11)17-5-2/h6-9H,4-5,10,15H2,1-3H3. The molecule has 0 heterocycles. The number of hydrogen-bond acceptors (Lipinski definition) is 3. The molecule has 1 unspecified atom stereocenters. The van der Waals surface area contributed by atoms with Gasteiger partial charge in [-0.2, -0.15) is 0 Å². The Balaban J connectivity index is 2.89. The molecule has 94 valence electrons. The van der Waals surface area contributed by atoms with Crippen molar-refractivity contribution in [2.45, 2.75) is 27.2 Å². The number of benzene rings is 1. The fourth-order valence-electron chi connectivity index (χ4n) is 1.62. The zero-order valence-electron chi connectivity index (χ0n) is 10.8. The maximum Gasteiger partial charge on any atom is 0.169 e. The van der Waals surface area contributed by atoms with Crippen molar-refractivity contribution in [3.63, 3.8) is 0 Å². The summed E-state index contributed by atoms with van der Waals surface area (Å²) >= 11 is 0. The molecule has 17 heavy (non-hydrogen) atoms. The van der Waals surface area contributed by atoms with E-state index in [0.717, 1.165) is 12.2 Å². The molecule has 2 N–H and O–H groups in total. The van der Waals surface area contributed by atoms with E-state index in [1.807, 2.05) is 32.9 Å². The number of nitrogens with two attached hydrogens (primary N) is 1. The lowest BCUT2D eigenvalue weighted by Gasteiger charge is -2.24. The molecule has 0 radical (unpaired) electrons. The summed E-state index contributed by atoms with van der Waals surface area (Å²) in [6.07, 6.45) is 0.746. The topological polar surface area (TPSA) is 52.3 Å².